The van der Waals surface area contributed by atoms with E-state index in [1.165, 1.54) is 6.42 Å². The number of alkyl halides is 2. The molecule has 2 unspecified atom stereocenters. The van der Waals surface area contributed by atoms with Gasteiger partial charge in [0.05, 0.1) is 5.92 Å². The average molecular weight is 207 g/mol. The number of halogens is 2. The Morgan fingerprint density at radius 2 is 2.00 bits per heavy atom. The van der Waals surface area contributed by atoms with Crippen LogP contribution in [0.4, 0.5) is 0 Å². The zero-order valence-electron chi connectivity index (χ0n) is 6.85. The van der Waals surface area contributed by atoms with Crippen molar-refractivity contribution in [3.8, 4) is 0 Å². The van der Waals surface area contributed by atoms with Crippen molar-refractivity contribution in [3.63, 3.8) is 0 Å². The third kappa shape index (κ3) is 1.27. The molecule has 68 valence electrons. The molecule has 2 fully saturated rings. The molecule has 0 bridgehead atoms. The van der Waals surface area contributed by atoms with Crippen LogP contribution in [-0.2, 0) is 4.79 Å². The fraction of sp³-hybridized carbons (Fsp3) is 0.889. The van der Waals surface area contributed by atoms with Crippen molar-refractivity contribution in [1.29, 1.82) is 0 Å². The van der Waals surface area contributed by atoms with E-state index < -0.39 is 4.33 Å². The Labute approximate surface area is 82.4 Å². The van der Waals surface area contributed by atoms with Crippen LogP contribution in [0.15, 0.2) is 0 Å². The minimum Gasteiger partial charge on any atom is -0.299 e. The van der Waals surface area contributed by atoms with Gasteiger partial charge in [0.25, 0.3) is 0 Å². The van der Waals surface area contributed by atoms with Gasteiger partial charge in [-0.3, -0.25) is 4.79 Å². The molecule has 0 aliphatic heterocycles. The summed E-state index contributed by atoms with van der Waals surface area (Å²) >= 11 is 12.0. The summed E-state index contributed by atoms with van der Waals surface area (Å²) < 4.78 is -0.707. The molecule has 0 N–H and O–H groups in total. The topological polar surface area (TPSA) is 17.1 Å². The SMILES string of the molecule is O=C1CCCCCC2C1C2(Cl)Cl. The van der Waals surface area contributed by atoms with Crippen molar-refractivity contribution in [2.24, 2.45) is 11.8 Å². The van der Waals surface area contributed by atoms with Crippen LogP contribution in [0.1, 0.15) is 32.1 Å². The molecule has 0 amide bonds. The molecule has 0 aromatic carbocycles. The van der Waals surface area contributed by atoms with E-state index in [4.69, 9.17) is 23.2 Å². The molecule has 3 heteroatoms. The predicted molar refractivity (Wildman–Crippen MR) is 49.5 cm³/mol. The fourth-order valence-electron chi connectivity index (χ4n) is 2.18. The highest BCUT2D eigenvalue weighted by molar-refractivity contribution is 6.52. The van der Waals surface area contributed by atoms with Gasteiger partial charge >= 0.3 is 0 Å². The van der Waals surface area contributed by atoms with Crippen LogP contribution >= 0.6 is 23.2 Å². The van der Waals surface area contributed by atoms with Gasteiger partial charge < -0.3 is 0 Å². The molecular formula is C9H12Cl2O. The van der Waals surface area contributed by atoms with Gasteiger partial charge in [-0.1, -0.05) is 12.8 Å². The fourth-order valence-corrected chi connectivity index (χ4v) is 3.08. The lowest BCUT2D eigenvalue weighted by Gasteiger charge is -2.04. The Bertz CT molecular complexity index is 213. The number of fused-ring (bicyclic) bond motifs is 1. The van der Waals surface area contributed by atoms with Gasteiger partial charge in [-0.05, 0) is 12.8 Å². The summed E-state index contributed by atoms with van der Waals surface area (Å²) in [4.78, 5) is 11.5. The normalized spacial score (nSPS) is 39.7. The number of hydrogen-bond acceptors (Lipinski definition) is 1. The Kier molecular flexibility index (Phi) is 2.12. The quantitative estimate of drug-likeness (QED) is 0.558. The zero-order valence-corrected chi connectivity index (χ0v) is 8.37. The summed E-state index contributed by atoms with van der Waals surface area (Å²) in [5.74, 6) is 0.500. The third-order valence-electron chi connectivity index (χ3n) is 2.99. The second-order valence-electron chi connectivity index (χ2n) is 3.82. The Morgan fingerprint density at radius 3 is 2.75 bits per heavy atom. The average Bonchev–Trinajstić information content (AvgIpc) is 2.46. The van der Waals surface area contributed by atoms with Gasteiger partial charge in [-0.2, -0.15) is 0 Å². The van der Waals surface area contributed by atoms with E-state index in [1.54, 1.807) is 0 Å². The summed E-state index contributed by atoms with van der Waals surface area (Å²) in [5.41, 5.74) is 0. The zero-order chi connectivity index (χ0) is 8.77. The van der Waals surface area contributed by atoms with Gasteiger partial charge in [-0.25, -0.2) is 0 Å². The third-order valence-corrected chi connectivity index (χ3v) is 4.02. The van der Waals surface area contributed by atoms with Crippen LogP contribution in [0.2, 0.25) is 0 Å². The molecule has 12 heavy (non-hydrogen) atoms. The minimum absolute atomic E-state index is 0.0406. The minimum atomic E-state index is -0.707. The van der Waals surface area contributed by atoms with Crippen LogP contribution < -0.4 is 0 Å². The molecule has 2 saturated carbocycles. The standard InChI is InChI=1S/C9H12Cl2O/c10-9(11)6-4-2-1-3-5-7(12)8(6)9/h6,8H,1-5H2. The Balaban J connectivity index is 2.09. The molecule has 0 spiro atoms. The molecule has 2 rings (SSSR count). The first-order chi connectivity index (χ1) is 5.64. The highest BCUT2D eigenvalue weighted by atomic mass is 35.5. The number of ketones is 1. The van der Waals surface area contributed by atoms with Crippen molar-refractivity contribution in [2.45, 2.75) is 36.4 Å². The van der Waals surface area contributed by atoms with Crippen LogP contribution in [-0.4, -0.2) is 10.1 Å². The predicted octanol–water partition coefficient (Wildman–Crippen LogP) is 2.94. The van der Waals surface area contributed by atoms with Crippen molar-refractivity contribution in [1.82, 2.24) is 0 Å². The van der Waals surface area contributed by atoms with E-state index >= 15 is 0 Å². The smallest absolute Gasteiger partial charge is 0.139 e. The van der Waals surface area contributed by atoms with E-state index in [0.717, 1.165) is 19.3 Å². The van der Waals surface area contributed by atoms with Gasteiger partial charge in [-0.15, -0.1) is 23.2 Å². The first-order valence-corrected chi connectivity index (χ1v) is 5.30. The molecule has 0 aromatic rings. The van der Waals surface area contributed by atoms with E-state index in [0.29, 0.717) is 6.42 Å². The number of hydrogen-bond donors (Lipinski definition) is 0. The van der Waals surface area contributed by atoms with Crippen molar-refractivity contribution in [2.75, 3.05) is 0 Å². The van der Waals surface area contributed by atoms with Crippen molar-refractivity contribution >= 4 is 29.0 Å². The molecule has 0 saturated heterocycles. The highest BCUT2D eigenvalue weighted by Gasteiger charge is 2.65. The number of carbonyl (C=O) groups excluding carboxylic acids is 1. The van der Waals surface area contributed by atoms with Gasteiger partial charge in [0.1, 0.15) is 10.1 Å². The molecular weight excluding hydrogens is 195 g/mol. The molecule has 2 aliphatic carbocycles. The summed E-state index contributed by atoms with van der Waals surface area (Å²) in [6, 6.07) is 0. The molecule has 0 radical (unpaired) electrons. The van der Waals surface area contributed by atoms with Gasteiger partial charge in [0, 0.05) is 12.3 Å². The maximum Gasteiger partial charge on any atom is 0.139 e. The van der Waals surface area contributed by atoms with E-state index in [1.807, 2.05) is 0 Å². The number of carbonyl (C=O) groups is 1. The van der Waals surface area contributed by atoms with E-state index in [2.05, 4.69) is 0 Å². The van der Waals surface area contributed by atoms with Crippen molar-refractivity contribution in [3.05, 3.63) is 0 Å². The highest BCUT2D eigenvalue weighted by Crippen LogP contribution is 2.62. The first-order valence-electron chi connectivity index (χ1n) is 4.54. The monoisotopic (exact) mass is 206 g/mol. The van der Waals surface area contributed by atoms with E-state index in [-0.39, 0.29) is 17.6 Å². The van der Waals surface area contributed by atoms with Gasteiger partial charge in [0.15, 0.2) is 0 Å². The molecule has 2 aliphatic rings. The Morgan fingerprint density at radius 1 is 1.25 bits per heavy atom. The Hall–Kier alpha value is 0.250. The van der Waals surface area contributed by atoms with Crippen LogP contribution in [0.5, 0.6) is 0 Å². The lowest BCUT2D eigenvalue weighted by molar-refractivity contribution is -0.120. The second-order valence-corrected chi connectivity index (χ2v) is 5.27. The second kappa shape index (κ2) is 2.88. The van der Waals surface area contributed by atoms with Crippen LogP contribution in [0.25, 0.3) is 0 Å². The summed E-state index contributed by atoms with van der Waals surface area (Å²) in [6.07, 6.45) is 5.06. The molecule has 0 heterocycles. The number of Topliss-reactive ketones (excluding diaryl/α,β-unsaturated/α-hetero) is 1. The van der Waals surface area contributed by atoms with Gasteiger partial charge in [0.2, 0.25) is 0 Å². The first kappa shape index (κ1) is 8.83. The molecule has 2 atom stereocenters. The lowest BCUT2D eigenvalue weighted by Crippen LogP contribution is -2.06. The summed E-state index contributed by atoms with van der Waals surface area (Å²) in [6.45, 7) is 0. The lowest BCUT2D eigenvalue weighted by atomic mass is 10.0. The number of rotatable bonds is 0. The summed E-state index contributed by atoms with van der Waals surface area (Å²) in [5, 5.41) is 0. The molecule has 1 nitrogen and oxygen atoms in total. The maximum atomic E-state index is 11.5. The largest absolute Gasteiger partial charge is 0.299 e. The van der Waals surface area contributed by atoms with E-state index in [9.17, 15) is 4.79 Å². The van der Waals surface area contributed by atoms with Crippen LogP contribution in [0.3, 0.4) is 0 Å². The maximum absolute atomic E-state index is 11.5. The van der Waals surface area contributed by atoms with Crippen molar-refractivity contribution < 1.29 is 4.79 Å². The van der Waals surface area contributed by atoms with Crippen LogP contribution in [0, 0.1) is 11.8 Å². The summed E-state index contributed by atoms with van der Waals surface area (Å²) in [7, 11) is 0. The molecule has 0 aromatic heterocycles.